The highest BCUT2D eigenvalue weighted by Gasteiger charge is 2.19. The molecule has 0 aromatic carbocycles. The molecule has 1 unspecified atom stereocenters. The molecule has 0 aromatic heterocycles. The smallest absolute Gasteiger partial charge is 0.306 e. The minimum Gasteiger partial charge on any atom is -0.462 e. The van der Waals surface area contributed by atoms with Crippen molar-refractivity contribution in [3.05, 3.63) is 0 Å². The van der Waals surface area contributed by atoms with E-state index in [2.05, 4.69) is 34.6 Å². The van der Waals surface area contributed by atoms with Crippen LogP contribution in [0.25, 0.3) is 0 Å². The number of rotatable bonds is 44. The summed E-state index contributed by atoms with van der Waals surface area (Å²) in [6, 6.07) is 0. The van der Waals surface area contributed by atoms with Gasteiger partial charge in [0.2, 0.25) is 0 Å². The molecule has 6 nitrogen and oxygen atoms in total. The van der Waals surface area contributed by atoms with Gasteiger partial charge in [-0.3, -0.25) is 14.4 Å². The Hall–Kier alpha value is -1.59. The predicted octanol–water partition coefficient (Wildman–Crippen LogP) is 15.8. The Labute approximate surface area is 348 Å². The van der Waals surface area contributed by atoms with Crippen LogP contribution in [0.4, 0.5) is 0 Å². The van der Waals surface area contributed by atoms with Gasteiger partial charge in [-0.2, -0.15) is 0 Å². The van der Waals surface area contributed by atoms with Crippen molar-refractivity contribution in [2.24, 2.45) is 11.8 Å². The molecule has 0 aromatic rings. The van der Waals surface area contributed by atoms with Crippen LogP contribution in [0.1, 0.15) is 272 Å². The summed E-state index contributed by atoms with van der Waals surface area (Å²) in [7, 11) is 0. The van der Waals surface area contributed by atoms with Gasteiger partial charge < -0.3 is 14.2 Å². The monoisotopic (exact) mass is 793 g/mol. The van der Waals surface area contributed by atoms with Crippen LogP contribution in [0, 0.1) is 11.8 Å². The van der Waals surface area contributed by atoms with Crippen LogP contribution in [0.15, 0.2) is 0 Å². The van der Waals surface area contributed by atoms with Gasteiger partial charge in [-0.25, -0.2) is 0 Å². The maximum absolute atomic E-state index is 12.7. The Morgan fingerprint density at radius 1 is 0.375 bits per heavy atom. The van der Waals surface area contributed by atoms with E-state index in [-0.39, 0.29) is 31.1 Å². The number of hydrogen-bond acceptors (Lipinski definition) is 6. The van der Waals surface area contributed by atoms with Gasteiger partial charge in [0.15, 0.2) is 6.10 Å². The van der Waals surface area contributed by atoms with Crippen molar-refractivity contribution in [1.82, 2.24) is 0 Å². The average molecular weight is 793 g/mol. The molecule has 0 aliphatic heterocycles. The van der Waals surface area contributed by atoms with Gasteiger partial charge in [0.25, 0.3) is 0 Å². The molecule has 0 bridgehead atoms. The molecule has 6 heteroatoms. The Morgan fingerprint density at radius 3 is 1.02 bits per heavy atom. The zero-order valence-corrected chi connectivity index (χ0v) is 38.3. The van der Waals surface area contributed by atoms with E-state index in [1.807, 2.05) is 0 Å². The van der Waals surface area contributed by atoms with E-state index in [9.17, 15) is 14.4 Å². The summed E-state index contributed by atoms with van der Waals surface area (Å²) < 4.78 is 16.7. The SMILES string of the molecule is CCCCCCCCCCCCCC(=O)O[C@@H](COC(=O)CCCCCCCCCCCCCCCCC(C)CC)COC(=O)CCCCCCCCC(C)C. The molecule has 0 aliphatic rings. The summed E-state index contributed by atoms with van der Waals surface area (Å²) in [5.74, 6) is 0.802. The summed E-state index contributed by atoms with van der Waals surface area (Å²) in [6.45, 7) is 11.3. The van der Waals surface area contributed by atoms with Crippen molar-refractivity contribution >= 4 is 17.9 Å². The van der Waals surface area contributed by atoms with Gasteiger partial charge in [0.05, 0.1) is 0 Å². The maximum Gasteiger partial charge on any atom is 0.306 e. The van der Waals surface area contributed by atoms with Crippen molar-refractivity contribution in [2.45, 2.75) is 278 Å². The molecule has 332 valence electrons. The number of hydrogen-bond donors (Lipinski definition) is 0. The lowest BCUT2D eigenvalue weighted by Gasteiger charge is -2.18. The zero-order chi connectivity index (χ0) is 41.2. The summed E-state index contributed by atoms with van der Waals surface area (Å²) in [4.78, 5) is 37.8. The van der Waals surface area contributed by atoms with Crippen LogP contribution in [0.2, 0.25) is 0 Å². The summed E-state index contributed by atoms with van der Waals surface area (Å²) in [5, 5.41) is 0. The first-order valence-electron chi connectivity index (χ1n) is 24.8. The highest BCUT2D eigenvalue weighted by Crippen LogP contribution is 2.17. The van der Waals surface area contributed by atoms with E-state index < -0.39 is 6.10 Å². The molecular formula is C50H96O6. The van der Waals surface area contributed by atoms with E-state index in [1.165, 1.54) is 161 Å². The quantitative estimate of drug-likeness (QED) is 0.0347. The standard InChI is InChI=1S/C50H96O6/c1-6-8-9-10-11-12-17-22-25-32-37-42-50(53)56-47(44-55-49(52)41-36-31-27-26-28-33-38-45(3)4)43-54-48(51)40-35-30-24-21-19-16-14-13-15-18-20-23-29-34-39-46(5)7-2/h45-47H,6-44H2,1-5H3/t46?,47-/m0/s1. The Balaban J connectivity index is 4.24. The van der Waals surface area contributed by atoms with Crippen molar-refractivity contribution in [2.75, 3.05) is 13.2 Å². The predicted molar refractivity (Wildman–Crippen MR) is 238 cm³/mol. The second-order valence-corrected chi connectivity index (χ2v) is 17.8. The highest BCUT2D eigenvalue weighted by molar-refractivity contribution is 5.71. The van der Waals surface area contributed by atoms with E-state index in [1.54, 1.807) is 0 Å². The zero-order valence-electron chi connectivity index (χ0n) is 38.3. The third-order valence-electron chi connectivity index (χ3n) is 11.6. The van der Waals surface area contributed by atoms with Gasteiger partial charge in [-0.15, -0.1) is 0 Å². The lowest BCUT2D eigenvalue weighted by atomic mass is 9.99. The molecule has 0 spiro atoms. The molecule has 0 rings (SSSR count). The van der Waals surface area contributed by atoms with E-state index in [0.29, 0.717) is 19.3 Å². The Morgan fingerprint density at radius 2 is 0.679 bits per heavy atom. The van der Waals surface area contributed by atoms with E-state index in [4.69, 9.17) is 14.2 Å². The van der Waals surface area contributed by atoms with Gasteiger partial charge in [-0.05, 0) is 31.1 Å². The summed E-state index contributed by atoms with van der Waals surface area (Å²) >= 11 is 0. The fourth-order valence-corrected chi connectivity index (χ4v) is 7.43. The Kier molecular flexibility index (Phi) is 41.8. The van der Waals surface area contributed by atoms with Gasteiger partial charge in [-0.1, -0.05) is 234 Å². The van der Waals surface area contributed by atoms with Crippen LogP contribution >= 0.6 is 0 Å². The molecule has 0 radical (unpaired) electrons. The first-order chi connectivity index (χ1) is 27.3. The van der Waals surface area contributed by atoms with Crippen LogP contribution in [0.5, 0.6) is 0 Å². The highest BCUT2D eigenvalue weighted by atomic mass is 16.6. The first-order valence-corrected chi connectivity index (χ1v) is 24.8. The van der Waals surface area contributed by atoms with Crippen LogP contribution in [-0.2, 0) is 28.6 Å². The molecule has 0 N–H and O–H groups in total. The summed E-state index contributed by atoms with van der Waals surface area (Å²) in [6.07, 6.45) is 42.4. The third-order valence-corrected chi connectivity index (χ3v) is 11.6. The minimum absolute atomic E-state index is 0.0648. The van der Waals surface area contributed by atoms with Crippen molar-refractivity contribution < 1.29 is 28.6 Å². The molecular weight excluding hydrogens is 697 g/mol. The van der Waals surface area contributed by atoms with Crippen molar-refractivity contribution in [1.29, 1.82) is 0 Å². The molecule has 0 heterocycles. The number of carbonyl (C=O) groups excluding carboxylic acids is 3. The number of unbranched alkanes of at least 4 members (excludes halogenated alkanes) is 28. The van der Waals surface area contributed by atoms with E-state index in [0.717, 1.165) is 69.6 Å². The fraction of sp³-hybridized carbons (Fsp3) is 0.940. The molecule has 56 heavy (non-hydrogen) atoms. The lowest BCUT2D eigenvalue weighted by molar-refractivity contribution is -0.167. The topological polar surface area (TPSA) is 78.9 Å². The van der Waals surface area contributed by atoms with Gasteiger partial charge in [0.1, 0.15) is 13.2 Å². The normalized spacial score (nSPS) is 12.5. The molecule has 0 aliphatic carbocycles. The minimum atomic E-state index is -0.761. The molecule has 0 saturated carbocycles. The van der Waals surface area contributed by atoms with Gasteiger partial charge in [0, 0.05) is 19.3 Å². The van der Waals surface area contributed by atoms with Crippen LogP contribution < -0.4 is 0 Å². The Bertz CT molecular complexity index is 856. The summed E-state index contributed by atoms with van der Waals surface area (Å²) in [5.41, 5.74) is 0. The second kappa shape index (κ2) is 43.0. The third kappa shape index (κ3) is 42.0. The fourth-order valence-electron chi connectivity index (χ4n) is 7.43. The largest absolute Gasteiger partial charge is 0.462 e. The molecule has 0 saturated heterocycles. The van der Waals surface area contributed by atoms with Crippen molar-refractivity contribution in [3.63, 3.8) is 0 Å². The second-order valence-electron chi connectivity index (χ2n) is 17.8. The van der Waals surface area contributed by atoms with E-state index >= 15 is 0 Å². The molecule has 0 fully saturated rings. The molecule has 2 atom stereocenters. The number of carbonyl (C=O) groups is 3. The maximum atomic E-state index is 12.7. The average Bonchev–Trinajstić information content (AvgIpc) is 3.18. The lowest BCUT2D eigenvalue weighted by Crippen LogP contribution is -2.30. The number of esters is 3. The van der Waals surface area contributed by atoms with Crippen molar-refractivity contribution in [3.8, 4) is 0 Å². The number of ether oxygens (including phenoxy) is 3. The first kappa shape index (κ1) is 54.4. The molecule has 0 amide bonds. The van der Waals surface area contributed by atoms with Crippen LogP contribution in [0.3, 0.4) is 0 Å². The van der Waals surface area contributed by atoms with Crippen LogP contribution in [-0.4, -0.2) is 37.2 Å². The van der Waals surface area contributed by atoms with Gasteiger partial charge >= 0.3 is 17.9 Å².